The van der Waals surface area contributed by atoms with Crippen molar-refractivity contribution in [3.05, 3.63) is 63.1 Å². The number of pyridine rings is 1. The minimum atomic E-state index is 0.930. The molecule has 0 spiro atoms. The van der Waals surface area contributed by atoms with E-state index in [1.54, 1.807) is 31.2 Å². The molecule has 0 unspecified atom stereocenters. The number of allylic oxidation sites excluding steroid dienone is 5. The standard InChI is InChI=1S/C18H23N3S/c1-14-9-10-20-12-18(14)13-21(6)15(2)7-8-16(3)22-17(4)11-19-5/h7-13H,1,4H2,2-3,5-6H3/b15-7-,16-8+,18-13-,19-11-. The molecule has 1 aromatic rings. The van der Waals surface area contributed by atoms with E-state index < -0.39 is 0 Å². The predicted molar refractivity (Wildman–Crippen MR) is 99.9 cm³/mol. The van der Waals surface area contributed by atoms with Crippen LogP contribution in [0.15, 0.2) is 57.7 Å². The third-order valence-electron chi connectivity index (χ3n) is 2.96. The molecular formula is C18H23N3S. The summed E-state index contributed by atoms with van der Waals surface area (Å²) in [7, 11) is 3.76. The first kappa shape index (κ1) is 18.0. The van der Waals surface area contributed by atoms with Crippen molar-refractivity contribution in [2.24, 2.45) is 4.99 Å². The first-order valence-corrected chi connectivity index (χ1v) is 7.73. The number of nitrogens with zero attached hydrogens (tertiary/aromatic N) is 3. The van der Waals surface area contributed by atoms with Gasteiger partial charge in [0.1, 0.15) is 0 Å². The van der Waals surface area contributed by atoms with Crippen molar-refractivity contribution in [3.63, 3.8) is 0 Å². The number of rotatable bonds is 6. The topological polar surface area (TPSA) is 28.5 Å². The van der Waals surface area contributed by atoms with Gasteiger partial charge in [-0.25, -0.2) is 0 Å². The van der Waals surface area contributed by atoms with Gasteiger partial charge in [-0.1, -0.05) is 31.0 Å². The molecule has 1 aromatic heterocycles. The van der Waals surface area contributed by atoms with E-state index in [0.29, 0.717) is 0 Å². The lowest BCUT2D eigenvalue weighted by Gasteiger charge is -2.14. The molecule has 1 heterocycles. The normalized spacial score (nSPS) is 13.7. The second-order valence-corrected chi connectivity index (χ2v) is 6.23. The number of hydrogen-bond donors (Lipinski definition) is 0. The van der Waals surface area contributed by atoms with Crippen LogP contribution in [0.4, 0.5) is 0 Å². The molecule has 4 heteroatoms. The van der Waals surface area contributed by atoms with Crippen molar-refractivity contribution in [3.8, 4) is 0 Å². The molecule has 0 atom stereocenters. The summed E-state index contributed by atoms with van der Waals surface area (Å²) in [6.07, 6.45) is 11.5. The number of thioether (sulfide) groups is 1. The van der Waals surface area contributed by atoms with Gasteiger partial charge in [-0.05, 0) is 36.1 Å². The molecule has 0 aliphatic carbocycles. The van der Waals surface area contributed by atoms with E-state index >= 15 is 0 Å². The van der Waals surface area contributed by atoms with Crippen molar-refractivity contribution >= 4 is 30.8 Å². The molecule has 0 saturated heterocycles. The number of aliphatic imine (C=N–C) groups is 1. The first-order chi connectivity index (χ1) is 10.4. The average Bonchev–Trinajstić information content (AvgIpc) is 2.47. The Hall–Kier alpha value is -2.07. The summed E-state index contributed by atoms with van der Waals surface area (Å²) in [6.45, 7) is 12.1. The van der Waals surface area contributed by atoms with Gasteiger partial charge in [0, 0.05) is 54.7 Å². The van der Waals surface area contributed by atoms with E-state index in [1.807, 2.05) is 25.5 Å². The Morgan fingerprint density at radius 2 is 2.09 bits per heavy atom. The third-order valence-corrected chi connectivity index (χ3v) is 3.79. The Labute approximate surface area is 137 Å². The van der Waals surface area contributed by atoms with Crippen molar-refractivity contribution in [2.75, 3.05) is 14.1 Å². The van der Waals surface area contributed by atoms with Crippen LogP contribution in [0.3, 0.4) is 0 Å². The average molecular weight is 313 g/mol. The van der Waals surface area contributed by atoms with Gasteiger partial charge in [0.05, 0.1) is 0 Å². The van der Waals surface area contributed by atoms with Crippen LogP contribution in [-0.2, 0) is 0 Å². The second kappa shape index (κ2) is 9.05. The van der Waals surface area contributed by atoms with E-state index in [0.717, 1.165) is 25.9 Å². The summed E-state index contributed by atoms with van der Waals surface area (Å²) in [6, 6.07) is 1.90. The summed E-state index contributed by atoms with van der Waals surface area (Å²) in [5, 5.41) is 1.98. The maximum atomic E-state index is 4.13. The SMILES string of the molecule is C=C(/C=N\C)S/C(C)=C/C=C(/C)N(C)/C=c1/cnccc1=C. The van der Waals surface area contributed by atoms with E-state index in [2.05, 4.69) is 54.0 Å². The summed E-state index contributed by atoms with van der Waals surface area (Å²) < 4.78 is 0. The third kappa shape index (κ3) is 6.14. The maximum Gasteiger partial charge on any atom is 0.0360 e. The minimum absolute atomic E-state index is 0.930. The lowest BCUT2D eigenvalue weighted by Crippen LogP contribution is -2.26. The van der Waals surface area contributed by atoms with Crippen molar-refractivity contribution in [2.45, 2.75) is 13.8 Å². The Balaban J connectivity index is 2.84. The lowest BCUT2D eigenvalue weighted by atomic mass is 10.3. The minimum Gasteiger partial charge on any atom is -0.354 e. The molecule has 1 rings (SSSR count). The highest BCUT2D eigenvalue weighted by atomic mass is 32.2. The van der Waals surface area contributed by atoms with Crippen LogP contribution in [0.1, 0.15) is 13.8 Å². The van der Waals surface area contributed by atoms with Gasteiger partial charge in [-0.2, -0.15) is 0 Å². The van der Waals surface area contributed by atoms with Gasteiger partial charge in [0.15, 0.2) is 0 Å². The molecule has 0 N–H and O–H groups in total. The van der Waals surface area contributed by atoms with Gasteiger partial charge in [0.25, 0.3) is 0 Å². The fourth-order valence-electron chi connectivity index (χ4n) is 1.63. The fraction of sp³-hybridized carbons (Fsp3) is 0.222. The van der Waals surface area contributed by atoms with Crippen molar-refractivity contribution in [1.82, 2.24) is 9.88 Å². The Kier molecular flexibility index (Phi) is 7.40. The smallest absolute Gasteiger partial charge is 0.0360 e. The van der Waals surface area contributed by atoms with E-state index in [1.165, 1.54) is 0 Å². The molecule has 0 bridgehead atoms. The van der Waals surface area contributed by atoms with Gasteiger partial charge >= 0.3 is 0 Å². The quantitative estimate of drug-likeness (QED) is 0.597. The highest BCUT2D eigenvalue weighted by molar-refractivity contribution is 8.07. The monoisotopic (exact) mass is 313 g/mol. The van der Waals surface area contributed by atoms with Crippen LogP contribution < -0.4 is 10.4 Å². The largest absolute Gasteiger partial charge is 0.354 e. The molecule has 0 amide bonds. The molecule has 0 radical (unpaired) electrons. The molecule has 3 nitrogen and oxygen atoms in total. The van der Waals surface area contributed by atoms with Crippen LogP contribution in [0.25, 0.3) is 12.8 Å². The molecule has 0 fully saturated rings. The van der Waals surface area contributed by atoms with Crippen LogP contribution in [0, 0.1) is 0 Å². The van der Waals surface area contributed by atoms with Gasteiger partial charge in [0.2, 0.25) is 0 Å². The summed E-state index contributed by atoms with van der Waals surface area (Å²) in [5.74, 6) is 0. The van der Waals surface area contributed by atoms with Crippen LogP contribution in [0.2, 0.25) is 0 Å². The maximum absolute atomic E-state index is 4.13. The van der Waals surface area contributed by atoms with Gasteiger partial charge < -0.3 is 4.90 Å². The second-order valence-electron chi connectivity index (χ2n) is 4.86. The zero-order valence-corrected chi connectivity index (χ0v) is 14.5. The molecule has 0 aliphatic heterocycles. The molecule has 22 heavy (non-hydrogen) atoms. The van der Waals surface area contributed by atoms with Crippen molar-refractivity contribution in [1.29, 1.82) is 0 Å². The number of hydrogen-bond acceptors (Lipinski definition) is 4. The zero-order chi connectivity index (χ0) is 16.5. The molecular weight excluding hydrogens is 290 g/mol. The van der Waals surface area contributed by atoms with Crippen LogP contribution in [0.5, 0.6) is 0 Å². The fourth-order valence-corrected chi connectivity index (χ4v) is 2.34. The van der Waals surface area contributed by atoms with Gasteiger partial charge in [-0.3, -0.25) is 9.98 Å². The van der Waals surface area contributed by atoms with E-state index in [-0.39, 0.29) is 0 Å². The first-order valence-electron chi connectivity index (χ1n) is 6.91. The molecule has 0 aliphatic rings. The Morgan fingerprint density at radius 1 is 1.36 bits per heavy atom. The Bertz CT molecular complexity index is 714. The summed E-state index contributed by atoms with van der Waals surface area (Å²) >= 11 is 1.61. The van der Waals surface area contributed by atoms with Crippen LogP contribution >= 0.6 is 11.8 Å². The predicted octanol–water partition coefficient (Wildman–Crippen LogP) is 2.92. The van der Waals surface area contributed by atoms with Crippen LogP contribution in [-0.4, -0.2) is 30.2 Å². The molecule has 0 aromatic carbocycles. The van der Waals surface area contributed by atoms with Crippen molar-refractivity contribution < 1.29 is 0 Å². The lowest BCUT2D eigenvalue weighted by molar-refractivity contribution is 0.618. The zero-order valence-electron chi connectivity index (χ0n) is 13.7. The molecule has 0 saturated carbocycles. The number of aromatic nitrogens is 1. The summed E-state index contributed by atoms with van der Waals surface area (Å²) in [4.78, 5) is 12.2. The highest BCUT2D eigenvalue weighted by Gasteiger charge is 1.96. The Morgan fingerprint density at radius 3 is 2.73 bits per heavy atom. The van der Waals surface area contributed by atoms with E-state index in [9.17, 15) is 0 Å². The van der Waals surface area contributed by atoms with E-state index in [4.69, 9.17) is 0 Å². The van der Waals surface area contributed by atoms with Gasteiger partial charge in [-0.15, -0.1) is 0 Å². The summed E-state index contributed by atoms with van der Waals surface area (Å²) in [5.41, 5.74) is 1.12. The highest BCUT2D eigenvalue weighted by Crippen LogP contribution is 2.22. The molecule has 116 valence electrons.